The van der Waals surface area contributed by atoms with Gasteiger partial charge >= 0.3 is 0 Å². The molecule has 138 valence electrons. The van der Waals surface area contributed by atoms with Crippen LogP contribution in [0.5, 0.6) is 5.75 Å². The van der Waals surface area contributed by atoms with E-state index in [4.69, 9.17) is 9.15 Å². The molecule has 1 aromatic heterocycles. The van der Waals surface area contributed by atoms with Crippen molar-refractivity contribution in [3.05, 3.63) is 83.6 Å². The quantitative estimate of drug-likeness (QED) is 0.691. The first-order valence-electron chi connectivity index (χ1n) is 9.15. The molecule has 0 bridgehead atoms. The van der Waals surface area contributed by atoms with E-state index in [1.165, 1.54) is 0 Å². The number of oxazole rings is 1. The fourth-order valence-electron chi connectivity index (χ4n) is 3.49. The van der Waals surface area contributed by atoms with Crippen molar-refractivity contribution < 1.29 is 13.9 Å². The number of ether oxygens (including phenoxy) is 1. The number of carbonyl (C=O) groups excluding carboxylic acids is 1. The Morgan fingerprint density at radius 1 is 1.22 bits per heavy atom. The van der Waals surface area contributed by atoms with Gasteiger partial charge in [-0.2, -0.15) is 0 Å². The second kappa shape index (κ2) is 7.66. The molecular weight excluding hydrogens is 340 g/mol. The lowest BCUT2D eigenvalue weighted by atomic mass is 10.1. The first-order valence-corrected chi connectivity index (χ1v) is 9.15. The van der Waals surface area contributed by atoms with Crippen molar-refractivity contribution in [3.63, 3.8) is 0 Å². The Morgan fingerprint density at radius 2 is 2.07 bits per heavy atom. The predicted octanol–water partition coefficient (Wildman–Crippen LogP) is 3.90. The molecule has 1 saturated heterocycles. The third-order valence-corrected chi connectivity index (χ3v) is 4.93. The maximum absolute atomic E-state index is 12.6. The van der Waals surface area contributed by atoms with Crippen molar-refractivity contribution in [1.29, 1.82) is 0 Å². The Bertz CT molecular complexity index is 920. The molecule has 0 aliphatic carbocycles. The highest BCUT2D eigenvalue weighted by Gasteiger charge is 2.30. The number of rotatable bonds is 5. The molecule has 1 atom stereocenters. The molecular formula is C22H22N2O3. The van der Waals surface area contributed by atoms with Crippen LogP contribution in [0.15, 0.2) is 65.2 Å². The smallest absolute Gasteiger partial charge is 0.253 e. The lowest BCUT2D eigenvalue weighted by Crippen LogP contribution is -2.28. The Balaban J connectivity index is 1.41. The molecule has 0 radical (unpaired) electrons. The summed E-state index contributed by atoms with van der Waals surface area (Å²) >= 11 is 0. The van der Waals surface area contributed by atoms with Crippen LogP contribution in [0, 0.1) is 0 Å². The van der Waals surface area contributed by atoms with Gasteiger partial charge in [-0.3, -0.25) is 4.79 Å². The molecule has 4 rings (SSSR count). The van der Waals surface area contributed by atoms with Crippen LogP contribution in [0.2, 0.25) is 0 Å². The summed E-state index contributed by atoms with van der Waals surface area (Å²) in [4.78, 5) is 18.9. The molecule has 1 aliphatic rings. The molecule has 1 fully saturated rings. The van der Waals surface area contributed by atoms with Crippen molar-refractivity contribution in [1.82, 2.24) is 9.88 Å². The van der Waals surface area contributed by atoms with Gasteiger partial charge in [-0.15, -0.1) is 0 Å². The van der Waals surface area contributed by atoms with Gasteiger partial charge in [-0.05, 0) is 36.2 Å². The molecule has 27 heavy (non-hydrogen) atoms. The Kier molecular flexibility index (Phi) is 4.92. The summed E-state index contributed by atoms with van der Waals surface area (Å²) in [5.41, 5.74) is 1.84. The fraction of sp³-hybridized carbons (Fsp3) is 0.273. The van der Waals surface area contributed by atoms with E-state index >= 15 is 0 Å². The van der Waals surface area contributed by atoms with E-state index in [1.54, 1.807) is 13.3 Å². The lowest BCUT2D eigenvalue weighted by molar-refractivity contribution is 0.0790. The van der Waals surface area contributed by atoms with E-state index in [0.717, 1.165) is 41.5 Å². The number of benzene rings is 2. The van der Waals surface area contributed by atoms with Gasteiger partial charge in [-0.1, -0.05) is 30.3 Å². The van der Waals surface area contributed by atoms with E-state index in [1.807, 2.05) is 59.5 Å². The molecule has 3 aromatic rings. The minimum Gasteiger partial charge on any atom is -0.497 e. The highest BCUT2D eigenvalue weighted by atomic mass is 16.5. The molecule has 1 unspecified atom stereocenters. The SMILES string of the molecule is COc1cccc(Cc2cnc(C3CCN(C(=O)c4ccccc4)C3)o2)c1. The highest BCUT2D eigenvalue weighted by molar-refractivity contribution is 5.94. The normalized spacial score (nSPS) is 16.5. The van der Waals surface area contributed by atoms with E-state index in [9.17, 15) is 4.79 Å². The Labute approximate surface area is 158 Å². The van der Waals surface area contributed by atoms with Crippen LogP contribution in [0.25, 0.3) is 0 Å². The number of carbonyl (C=O) groups is 1. The summed E-state index contributed by atoms with van der Waals surface area (Å²) in [5.74, 6) is 2.60. The van der Waals surface area contributed by atoms with Crippen LogP contribution in [0.1, 0.15) is 39.9 Å². The van der Waals surface area contributed by atoms with E-state index in [0.29, 0.717) is 13.0 Å². The molecule has 2 heterocycles. The second-order valence-electron chi connectivity index (χ2n) is 6.80. The van der Waals surface area contributed by atoms with Crippen molar-refractivity contribution in [2.24, 2.45) is 0 Å². The monoisotopic (exact) mass is 362 g/mol. The van der Waals surface area contributed by atoms with Crippen LogP contribution in [-0.4, -0.2) is 36.0 Å². The van der Waals surface area contributed by atoms with Crippen molar-refractivity contribution in [3.8, 4) is 5.75 Å². The number of hydrogen-bond acceptors (Lipinski definition) is 4. The second-order valence-corrected chi connectivity index (χ2v) is 6.80. The zero-order valence-electron chi connectivity index (χ0n) is 15.3. The summed E-state index contributed by atoms with van der Waals surface area (Å²) in [5, 5.41) is 0. The van der Waals surface area contributed by atoms with Gasteiger partial charge in [0.25, 0.3) is 5.91 Å². The van der Waals surface area contributed by atoms with Gasteiger partial charge in [0.2, 0.25) is 0 Å². The number of nitrogens with zero attached hydrogens (tertiary/aromatic N) is 2. The van der Waals surface area contributed by atoms with Crippen molar-refractivity contribution >= 4 is 5.91 Å². The molecule has 5 heteroatoms. The molecule has 1 amide bonds. The number of aromatic nitrogens is 1. The van der Waals surface area contributed by atoms with Crippen LogP contribution >= 0.6 is 0 Å². The fourth-order valence-corrected chi connectivity index (χ4v) is 3.49. The van der Waals surface area contributed by atoms with Crippen LogP contribution in [-0.2, 0) is 6.42 Å². The van der Waals surface area contributed by atoms with Gasteiger partial charge < -0.3 is 14.1 Å². The van der Waals surface area contributed by atoms with Crippen molar-refractivity contribution in [2.75, 3.05) is 20.2 Å². The van der Waals surface area contributed by atoms with Crippen molar-refractivity contribution in [2.45, 2.75) is 18.8 Å². The molecule has 2 aromatic carbocycles. The molecule has 5 nitrogen and oxygen atoms in total. The minimum absolute atomic E-state index is 0.0706. The third-order valence-electron chi connectivity index (χ3n) is 4.93. The van der Waals surface area contributed by atoms with E-state index < -0.39 is 0 Å². The third kappa shape index (κ3) is 3.87. The number of amides is 1. The Hall–Kier alpha value is -3.08. The van der Waals surface area contributed by atoms with Gasteiger partial charge in [0.05, 0.1) is 19.2 Å². The Morgan fingerprint density at radius 3 is 2.89 bits per heavy atom. The van der Waals surface area contributed by atoms with Gasteiger partial charge in [0.15, 0.2) is 5.89 Å². The molecule has 1 aliphatic heterocycles. The highest BCUT2D eigenvalue weighted by Crippen LogP contribution is 2.28. The van der Waals surface area contributed by atoms with Gasteiger partial charge in [0.1, 0.15) is 11.5 Å². The van der Waals surface area contributed by atoms with Crippen LogP contribution in [0.4, 0.5) is 0 Å². The first kappa shape index (κ1) is 17.3. The van der Waals surface area contributed by atoms with E-state index in [2.05, 4.69) is 4.98 Å². The first-order chi connectivity index (χ1) is 13.2. The van der Waals surface area contributed by atoms with Gasteiger partial charge in [0, 0.05) is 25.1 Å². The maximum atomic E-state index is 12.6. The molecule has 0 N–H and O–H groups in total. The number of hydrogen-bond donors (Lipinski definition) is 0. The summed E-state index contributed by atoms with van der Waals surface area (Å²) in [6.45, 7) is 1.37. The average Bonchev–Trinajstić information content (AvgIpc) is 3.38. The minimum atomic E-state index is 0.0706. The topological polar surface area (TPSA) is 55.6 Å². The largest absolute Gasteiger partial charge is 0.497 e. The maximum Gasteiger partial charge on any atom is 0.253 e. The summed E-state index contributed by atoms with van der Waals surface area (Å²) in [6, 6.07) is 17.3. The van der Waals surface area contributed by atoms with Gasteiger partial charge in [-0.25, -0.2) is 4.98 Å². The molecule has 0 spiro atoms. The van der Waals surface area contributed by atoms with E-state index in [-0.39, 0.29) is 11.8 Å². The molecule has 0 saturated carbocycles. The predicted molar refractivity (Wildman–Crippen MR) is 102 cm³/mol. The van der Waals surface area contributed by atoms with Crippen LogP contribution in [0.3, 0.4) is 0 Å². The number of methoxy groups -OCH3 is 1. The summed E-state index contributed by atoms with van der Waals surface area (Å²) in [6.07, 6.45) is 3.33. The van der Waals surface area contributed by atoms with Crippen LogP contribution < -0.4 is 4.74 Å². The average molecular weight is 362 g/mol. The summed E-state index contributed by atoms with van der Waals surface area (Å²) in [7, 11) is 1.66. The summed E-state index contributed by atoms with van der Waals surface area (Å²) < 4.78 is 11.3. The lowest BCUT2D eigenvalue weighted by Gasteiger charge is -2.15. The standard InChI is InChI=1S/C22H22N2O3/c1-26-19-9-5-6-16(12-19)13-20-14-23-21(27-20)18-10-11-24(15-18)22(25)17-7-3-2-4-8-17/h2-9,12,14,18H,10-11,13,15H2,1H3. The zero-order valence-corrected chi connectivity index (χ0v) is 15.3. The zero-order chi connectivity index (χ0) is 18.6. The number of likely N-dealkylation sites (tertiary alicyclic amines) is 1.